The third-order valence-electron chi connectivity index (χ3n) is 7.29. The summed E-state index contributed by atoms with van der Waals surface area (Å²) >= 11 is 12.4. The van der Waals surface area contributed by atoms with Gasteiger partial charge in [-0.2, -0.15) is 0 Å². The van der Waals surface area contributed by atoms with E-state index < -0.39 is 6.03 Å². The second-order valence-corrected chi connectivity index (χ2v) is 10.9. The molecule has 0 aromatic heterocycles. The lowest BCUT2D eigenvalue weighted by molar-refractivity contribution is 0.0954. The fourth-order valence-corrected chi connectivity index (χ4v) is 5.60. The lowest BCUT2D eigenvalue weighted by Gasteiger charge is -2.38. The van der Waals surface area contributed by atoms with E-state index >= 15 is 0 Å². The van der Waals surface area contributed by atoms with Crippen molar-refractivity contribution in [2.24, 2.45) is 0 Å². The minimum atomic E-state index is -0.524. The van der Waals surface area contributed by atoms with Gasteiger partial charge < -0.3 is 30.5 Å². The molecule has 5 rings (SSSR count). The fraction of sp³-hybridized carbons (Fsp3) is 0.212. The minimum absolute atomic E-state index is 0.212. The van der Waals surface area contributed by atoms with Crippen LogP contribution in [0.25, 0.3) is 0 Å². The van der Waals surface area contributed by atoms with Gasteiger partial charge in [-0.05, 0) is 54.4 Å². The van der Waals surface area contributed by atoms with E-state index in [4.69, 9.17) is 27.9 Å². The van der Waals surface area contributed by atoms with Crippen LogP contribution >= 0.6 is 23.2 Å². The molecule has 4 aromatic rings. The molecule has 1 aliphatic heterocycles. The molecule has 0 unspecified atom stereocenters. The monoisotopic (exact) mass is 617 g/mol. The molecule has 3 amide bonds. The predicted molar refractivity (Wildman–Crippen MR) is 175 cm³/mol. The van der Waals surface area contributed by atoms with Gasteiger partial charge in [0.25, 0.3) is 5.91 Å². The molecule has 0 bridgehead atoms. The molecule has 0 radical (unpaired) electrons. The first-order valence-electron chi connectivity index (χ1n) is 14.0. The standard InChI is InChI=1S/C33H33Cl2N5O3/c1-43-30-13-6-5-12-29(30)40-20-18-39(19-21-40)28-15-14-24(37-33(42)38-31-26(34)10-7-11-27(31)35)22-25(28)32(41)36-17-16-23-8-3-2-4-9-23/h2-15,22H,16-21H2,1H3,(H,36,41)(H2,37,38,42). The fourth-order valence-electron chi connectivity index (χ4n) is 5.10. The first-order chi connectivity index (χ1) is 20.9. The zero-order valence-electron chi connectivity index (χ0n) is 23.8. The van der Waals surface area contributed by atoms with Crippen molar-refractivity contribution in [2.45, 2.75) is 6.42 Å². The van der Waals surface area contributed by atoms with Gasteiger partial charge in [0, 0.05) is 44.1 Å². The number of methoxy groups -OCH3 is 1. The Hall–Kier alpha value is -4.40. The van der Waals surface area contributed by atoms with E-state index in [-0.39, 0.29) is 5.91 Å². The van der Waals surface area contributed by atoms with Gasteiger partial charge in [-0.3, -0.25) is 4.79 Å². The number of amides is 3. The van der Waals surface area contributed by atoms with Gasteiger partial charge in [-0.25, -0.2) is 4.79 Å². The molecule has 0 aliphatic carbocycles. The third kappa shape index (κ3) is 7.52. The number of nitrogens with zero attached hydrogens (tertiary/aromatic N) is 2. The van der Waals surface area contributed by atoms with Crippen LogP contribution in [-0.2, 0) is 6.42 Å². The van der Waals surface area contributed by atoms with Gasteiger partial charge in [-0.15, -0.1) is 0 Å². The highest BCUT2D eigenvalue weighted by atomic mass is 35.5. The van der Waals surface area contributed by atoms with Crippen LogP contribution in [0.4, 0.5) is 27.5 Å². The number of para-hydroxylation sites is 3. The van der Waals surface area contributed by atoms with Gasteiger partial charge in [0.2, 0.25) is 0 Å². The number of anilines is 4. The Morgan fingerprint density at radius 1 is 0.767 bits per heavy atom. The van der Waals surface area contributed by atoms with E-state index in [1.54, 1.807) is 37.4 Å². The second-order valence-electron chi connectivity index (χ2n) is 10.0. The molecule has 10 heteroatoms. The molecular formula is C33H33Cl2N5O3. The van der Waals surface area contributed by atoms with Crippen LogP contribution in [-0.4, -0.2) is 51.8 Å². The molecule has 1 aliphatic rings. The number of benzene rings is 4. The molecule has 222 valence electrons. The van der Waals surface area contributed by atoms with E-state index in [0.717, 1.165) is 35.8 Å². The second kappa shape index (κ2) is 14.2. The summed E-state index contributed by atoms with van der Waals surface area (Å²) < 4.78 is 5.56. The Morgan fingerprint density at radius 3 is 2.12 bits per heavy atom. The zero-order valence-corrected chi connectivity index (χ0v) is 25.3. The summed E-state index contributed by atoms with van der Waals surface area (Å²) in [7, 11) is 1.68. The SMILES string of the molecule is COc1ccccc1N1CCN(c2ccc(NC(=O)Nc3c(Cl)cccc3Cl)cc2C(=O)NCCc2ccccc2)CC1. The molecule has 3 N–H and O–H groups in total. The zero-order chi connectivity index (χ0) is 30.2. The van der Waals surface area contributed by atoms with Crippen LogP contribution in [0.2, 0.25) is 10.0 Å². The predicted octanol–water partition coefficient (Wildman–Crippen LogP) is 6.95. The summed E-state index contributed by atoms with van der Waals surface area (Å²) in [6.07, 6.45) is 0.707. The van der Waals surface area contributed by atoms with Crippen molar-refractivity contribution < 1.29 is 14.3 Å². The highest BCUT2D eigenvalue weighted by molar-refractivity contribution is 6.39. The van der Waals surface area contributed by atoms with Gasteiger partial charge >= 0.3 is 6.03 Å². The number of carbonyl (C=O) groups excluding carboxylic acids is 2. The number of rotatable bonds is 9. The van der Waals surface area contributed by atoms with Crippen LogP contribution in [0.5, 0.6) is 5.75 Å². The minimum Gasteiger partial charge on any atom is -0.495 e. The molecule has 0 spiro atoms. The number of hydrogen-bond acceptors (Lipinski definition) is 5. The number of ether oxygens (including phenoxy) is 1. The lowest BCUT2D eigenvalue weighted by Crippen LogP contribution is -2.47. The summed E-state index contributed by atoms with van der Waals surface area (Å²) in [5.41, 5.74) is 4.25. The van der Waals surface area contributed by atoms with Gasteiger partial charge in [0.1, 0.15) is 5.75 Å². The maximum atomic E-state index is 13.6. The molecule has 43 heavy (non-hydrogen) atoms. The molecule has 1 fully saturated rings. The summed E-state index contributed by atoms with van der Waals surface area (Å²) in [5, 5.41) is 9.20. The van der Waals surface area contributed by atoms with Crippen molar-refractivity contribution in [3.63, 3.8) is 0 Å². The van der Waals surface area contributed by atoms with Crippen molar-refractivity contribution in [3.8, 4) is 5.75 Å². The van der Waals surface area contributed by atoms with Crippen molar-refractivity contribution >= 4 is 57.9 Å². The number of hydrogen-bond donors (Lipinski definition) is 3. The first-order valence-corrected chi connectivity index (χ1v) is 14.8. The lowest BCUT2D eigenvalue weighted by atomic mass is 10.1. The molecule has 0 saturated carbocycles. The molecule has 1 saturated heterocycles. The van der Waals surface area contributed by atoms with Crippen LogP contribution < -0.4 is 30.5 Å². The Labute approximate surface area is 261 Å². The van der Waals surface area contributed by atoms with E-state index in [1.165, 1.54) is 0 Å². The van der Waals surface area contributed by atoms with E-state index in [0.29, 0.717) is 53.0 Å². The quantitative estimate of drug-likeness (QED) is 0.189. The van der Waals surface area contributed by atoms with E-state index in [9.17, 15) is 9.59 Å². The highest BCUT2D eigenvalue weighted by Crippen LogP contribution is 2.32. The summed E-state index contributed by atoms with van der Waals surface area (Å²) in [6, 6.07) is 27.8. The average Bonchev–Trinajstić information content (AvgIpc) is 3.03. The number of carbonyl (C=O) groups is 2. The number of urea groups is 1. The smallest absolute Gasteiger partial charge is 0.323 e. The largest absolute Gasteiger partial charge is 0.495 e. The maximum Gasteiger partial charge on any atom is 0.323 e. The van der Waals surface area contributed by atoms with Gasteiger partial charge in [0.05, 0.1) is 34.1 Å². The Morgan fingerprint density at radius 2 is 1.42 bits per heavy atom. The van der Waals surface area contributed by atoms with Crippen LogP contribution in [0.3, 0.4) is 0 Å². The average molecular weight is 619 g/mol. The normalized spacial score (nSPS) is 12.9. The number of halogens is 2. The Kier molecular flexibility index (Phi) is 9.92. The maximum absolute atomic E-state index is 13.6. The topological polar surface area (TPSA) is 85.9 Å². The van der Waals surface area contributed by atoms with Gasteiger partial charge in [-0.1, -0.05) is 71.7 Å². The van der Waals surface area contributed by atoms with Gasteiger partial charge in [0.15, 0.2) is 0 Å². The van der Waals surface area contributed by atoms with Crippen LogP contribution in [0.15, 0.2) is 91.0 Å². The summed E-state index contributed by atoms with van der Waals surface area (Å²) in [6.45, 7) is 3.42. The van der Waals surface area contributed by atoms with Crippen molar-refractivity contribution in [1.82, 2.24) is 5.32 Å². The molecule has 1 heterocycles. The van der Waals surface area contributed by atoms with Crippen molar-refractivity contribution in [3.05, 3.63) is 112 Å². The van der Waals surface area contributed by atoms with E-state index in [2.05, 4.69) is 31.8 Å². The van der Waals surface area contributed by atoms with E-state index in [1.807, 2.05) is 54.6 Å². The first kappa shape index (κ1) is 30.1. The third-order valence-corrected chi connectivity index (χ3v) is 7.92. The molecule has 8 nitrogen and oxygen atoms in total. The number of nitrogens with one attached hydrogen (secondary N) is 3. The van der Waals surface area contributed by atoms with Crippen LogP contribution in [0, 0.1) is 0 Å². The van der Waals surface area contributed by atoms with Crippen molar-refractivity contribution in [2.75, 3.05) is 60.3 Å². The Balaban J connectivity index is 1.33. The Bertz CT molecular complexity index is 1560. The highest BCUT2D eigenvalue weighted by Gasteiger charge is 2.24. The van der Waals surface area contributed by atoms with Crippen molar-refractivity contribution in [1.29, 1.82) is 0 Å². The molecule has 4 aromatic carbocycles. The number of piperazine rings is 1. The summed E-state index contributed by atoms with van der Waals surface area (Å²) in [5.74, 6) is 0.623. The summed E-state index contributed by atoms with van der Waals surface area (Å²) in [4.78, 5) is 30.9. The molecular weight excluding hydrogens is 585 g/mol. The molecule has 0 atom stereocenters. The van der Waals surface area contributed by atoms with Crippen LogP contribution in [0.1, 0.15) is 15.9 Å².